The minimum absolute atomic E-state index is 0.452. The van der Waals surface area contributed by atoms with E-state index in [2.05, 4.69) is 43.7 Å². The maximum absolute atomic E-state index is 5.33. The van der Waals surface area contributed by atoms with Crippen molar-refractivity contribution in [3.8, 4) is 11.5 Å². The molecule has 0 bridgehead atoms. The lowest BCUT2D eigenvalue weighted by Gasteiger charge is -2.00. The third-order valence-corrected chi connectivity index (χ3v) is 4.50. The van der Waals surface area contributed by atoms with Crippen molar-refractivity contribution in [2.24, 2.45) is 5.10 Å². The Balaban J connectivity index is 1.66. The van der Waals surface area contributed by atoms with Crippen LogP contribution in [0.5, 0.6) is 0 Å². The van der Waals surface area contributed by atoms with Crippen LogP contribution in [0.4, 0.5) is 0 Å². The molecule has 126 valence electrons. The Morgan fingerprint density at radius 2 is 2.04 bits per heavy atom. The van der Waals surface area contributed by atoms with Gasteiger partial charge in [-0.25, -0.2) is 5.10 Å². The summed E-state index contributed by atoms with van der Waals surface area (Å²) in [5.41, 5.74) is 5.41. The number of allylic oxidation sites excluding steroid dienone is 1. The van der Waals surface area contributed by atoms with Crippen LogP contribution in [0.3, 0.4) is 0 Å². The summed E-state index contributed by atoms with van der Waals surface area (Å²) in [6.07, 6.45) is 7.05. The standard InChI is InChI=1S/C18H18N6S/c1-12(10-13-6-3-2-4-7-13)11-19-24-17(22-23-18(24)25)16-14-8-5-9-15(14)20-21-16/h2-4,6-7,10-11H,5,8-9H2,1H3,(H,20,21)(H,23,25)/b12-10+,19-11-. The monoisotopic (exact) mass is 350 g/mol. The molecule has 2 heterocycles. The molecule has 3 aromatic rings. The van der Waals surface area contributed by atoms with E-state index in [1.807, 2.05) is 25.1 Å². The molecule has 6 nitrogen and oxygen atoms in total. The van der Waals surface area contributed by atoms with Crippen LogP contribution in [-0.2, 0) is 12.8 Å². The number of aromatic amines is 2. The van der Waals surface area contributed by atoms with E-state index in [0.29, 0.717) is 10.6 Å². The molecular formula is C18H18N6S. The summed E-state index contributed by atoms with van der Waals surface area (Å²) in [5.74, 6) is 0.646. The average Bonchev–Trinajstić information content (AvgIpc) is 3.30. The van der Waals surface area contributed by atoms with Crippen LogP contribution in [0.15, 0.2) is 41.0 Å². The fourth-order valence-corrected chi connectivity index (χ4v) is 3.23. The quantitative estimate of drug-likeness (QED) is 0.556. The van der Waals surface area contributed by atoms with Crippen molar-refractivity contribution in [3.05, 3.63) is 57.5 Å². The van der Waals surface area contributed by atoms with E-state index < -0.39 is 0 Å². The molecule has 0 amide bonds. The summed E-state index contributed by atoms with van der Waals surface area (Å²) in [5, 5.41) is 19.2. The van der Waals surface area contributed by atoms with Crippen LogP contribution < -0.4 is 0 Å². The van der Waals surface area contributed by atoms with Gasteiger partial charge in [-0.2, -0.15) is 20.0 Å². The predicted octanol–water partition coefficient (Wildman–Crippen LogP) is 3.76. The Kier molecular flexibility index (Phi) is 4.15. The summed E-state index contributed by atoms with van der Waals surface area (Å²) in [6, 6.07) is 10.1. The summed E-state index contributed by atoms with van der Waals surface area (Å²) in [7, 11) is 0. The van der Waals surface area contributed by atoms with E-state index in [1.165, 1.54) is 11.3 Å². The van der Waals surface area contributed by atoms with E-state index in [-0.39, 0.29) is 0 Å². The van der Waals surface area contributed by atoms with E-state index in [0.717, 1.165) is 36.1 Å². The lowest BCUT2D eigenvalue weighted by Crippen LogP contribution is -1.97. The molecule has 0 fully saturated rings. The molecule has 0 spiro atoms. The van der Waals surface area contributed by atoms with Gasteiger partial charge in [-0.05, 0) is 49.5 Å². The van der Waals surface area contributed by atoms with Crippen LogP contribution in [0, 0.1) is 4.77 Å². The highest BCUT2D eigenvalue weighted by molar-refractivity contribution is 7.71. The van der Waals surface area contributed by atoms with Crippen molar-refractivity contribution in [3.63, 3.8) is 0 Å². The molecule has 1 aliphatic rings. The zero-order valence-electron chi connectivity index (χ0n) is 13.9. The highest BCUT2D eigenvalue weighted by atomic mass is 32.1. The number of nitrogens with one attached hydrogen (secondary N) is 2. The lowest BCUT2D eigenvalue weighted by atomic mass is 10.1. The molecule has 2 aromatic heterocycles. The zero-order valence-corrected chi connectivity index (χ0v) is 14.7. The number of rotatable bonds is 4. The lowest BCUT2D eigenvalue weighted by molar-refractivity contribution is 0.844. The second-order valence-electron chi connectivity index (χ2n) is 6.09. The third-order valence-electron chi connectivity index (χ3n) is 4.24. The van der Waals surface area contributed by atoms with Gasteiger partial charge < -0.3 is 0 Å². The van der Waals surface area contributed by atoms with Gasteiger partial charge in [0.05, 0.1) is 6.21 Å². The molecule has 7 heteroatoms. The zero-order chi connectivity index (χ0) is 17.2. The predicted molar refractivity (Wildman–Crippen MR) is 101 cm³/mol. The van der Waals surface area contributed by atoms with Crippen LogP contribution in [0.2, 0.25) is 0 Å². The summed E-state index contributed by atoms with van der Waals surface area (Å²) in [4.78, 5) is 0. The molecule has 1 aliphatic carbocycles. The first-order chi connectivity index (χ1) is 12.2. The fraction of sp³-hybridized carbons (Fsp3) is 0.222. The first-order valence-corrected chi connectivity index (χ1v) is 8.65. The average molecular weight is 350 g/mol. The van der Waals surface area contributed by atoms with Gasteiger partial charge >= 0.3 is 0 Å². The van der Waals surface area contributed by atoms with E-state index in [9.17, 15) is 0 Å². The van der Waals surface area contributed by atoms with Gasteiger partial charge in [-0.3, -0.25) is 5.10 Å². The number of hydrogen-bond donors (Lipinski definition) is 2. The normalized spacial score (nSPS) is 14.4. The first-order valence-electron chi connectivity index (χ1n) is 8.24. The summed E-state index contributed by atoms with van der Waals surface area (Å²) < 4.78 is 2.08. The van der Waals surface area contributed by atoms with Crippen molar-refractivity contribution in [2.45, 2.75) is 26.2 Å². The molecule has 4 rings (SSSR count). The Morgan fingerprint density at radius 1 is 1.20 bits per heavy atom. The topological polar surface area (TPSA) is 74.7 Å². The van der Waals surface area contributed by atoms with Crippen molar-refractivity contribution >= 4 is 24.5 Å². The second kappa shape index (κ2) is 6.60. The minimum atomic E-state index is 0.452. The van der Waals surface area contributed by atoms with Crippen LogP contribution in [0.25, 0.3) is 17.6 Å². The van der Waals surface area contributed by atoms with E-state index >= 15 is 0 Å². The fourth-order valence-electron chi connectivity index (χ4n) is 3.05. The van der Waals surface area contributed by atoms with Crippen molar-refractivity contribution < 1.29 is 0 Å². The molecular weight excluding hydrogens is 332 g/mol. The number of hydrogen-bond acceptors (Lipinski definition) is 4. The second-order valence-corrected chi connectivity index (χ2v) is 6.48. The Hall–Kier alpha value is -2.80. The smallest absolute Gasteiger partial charge is 0.216 e. The number of benzene rings is 1. The highest BCUT2D eigenvalue weighted by Gasteiger charge is 2.23. The van der Waals surface area contributed by atoms with Gasteiger partial charge in [0.15, 0.2) is 0 Å². The van der Waals surface area contributed by atoms with Gasteiger partial charge in [0.2, 0.25) is 10.6 Å². The molecule has 0 saturated carbocycles. The summed E-state index contributed by atoms with van der Waals surface area (Å²) >= 11 is 5.33. The molecule has 25 heavy (non-hydrogen) atoms. The Morgan fingerprint density at radius 3 is 2.88 bits per heavy atom. The van der Waals surface area contributed by atoms with Crippen LogP contribution >= 0.6 is 12.2 Å². The molecule has 1 aromatic carbocycles. The van der Waals surface area contributed by atoms with Gasteiger partial charge in [0, 0.05) is 11.3 Å². The van der Waals surface area contributed by atoms with E-state index in [4.69, 9.17) is 12.2 Å². The van der Waals surface area contributed by atoms with Crippen LogP contribution in [0.1, 0.15) is 30.2 Å². The van der Waals surface area contributed by atoms with E-state index in [1.54, 1.807) is 10.9 Å². The summed E-state index contributed by atoms with van der Waals surface area (Å²) in [6.45, 7) is 2.01. The molecule has 0 unspecified atom stereocenters. The molecule has 0 atom stereocenters. The van der Waals surface area contributed by atoms with Crippen LogP contribution in [-0.4, -0.2) is 31.3 Å². The van der Waals surface area contributed by atoms with Crippen molar-refractivity contribution in [2.75, 3.05) is 0 Å². The maximum atomic E-state index is 5.33. The maximum Gasteiger partial charge on any atom is 0.216 e. The minimum Gasteiger partial charge on any atom is -0.282 e. The number of aryl methyl sites for hydroxylation is 1. The Labute approximate surface area is 150 Å². The van der Waals surface area contributed by atoms with Gasteiger partial charge in [0.1, 0.15) is 5.69 Å². The molecule has 0 aliphatic heterocycles. The largest absolute Gasteiger partial charge is 0.282 e. The number of aromatic nitrogens is 5. The Bertz CT molecular complexity index is 1010. The van der Waals surface area contributed by atoms with Crippen molar-refractivity contribution in [1.82, 2.24) is 25.1 Å². The third kappa shape index (κ3) is 3.10. The van der Waals surface area contributed by atoms with Gasteiger partial charge in [-0.15, -0.1) is 0 Å². The molecule has 0 radical (unpaired) electrons. The number of H-pyrrole nitrogens is 2. The molecule has 2 N–H and O–H groups in total. The SMILES string of the molecule is CC(/C=N\n1c(-c2n[nH]c3c2CCC3)n[nH]c1=S)=C\c1ccccc1. The van der Waals surface area contributed by atoms with Gasteiger partial charge in [0.25, 0.3) is 0 Å². The highest BCUT2D eigenvalue weighted by Crippen LogP contribution is 2.29. The first kappa shape index (κ1) is 15.7. The molecule has 0 saturated heterocycles. The van der Waals surface area contributed by atoms with Crippen molar-refractivity contribution in [1.29, 1.82) is 0 Å². The number of fused-ring (bicyclic) bond motifs is 1. The van der Waals surface area contributed by atoms with Gasteiger partial charge in [-0.1, -0.05) is 36.4 Å². The number of nitrogens with zero attached hydrogens (tertiary/aromatic N) is 4.